The molecule has 0 aromatic carbocycles. The number of aliphatic hydroxyl groups excluding tert-OH is 2. The van der Waals surface area contributed by atoms with Crippen LogP contribution in [0.1, 0.15) is 66.7 Å². The SMILES string of the molecule is CC(=CCC(O)COCC(F)(F)C(F)(F)C(F)(F)C(F)F)C(C)CCC(C)C(C)CCC(O)COCC(C)(F)C(F)(F)C(F)(F)C(F)F. The van der Waals surface area contributed by atoms with Gasteiger partial charge in [0.1, 0.15) is 6.61 Å². The molecule has 19 heteroatoms. The van der Waals surface area contributed by atoms with Crippen LogP contribution in [0.3, 0.4) is 0 Å². The van der Waals surface area contributed by atoms with Crippen molar-refractivity contribution in [2.75, 3.05) is 26.4 Å². The van der Waals surface area contributed by atoms with Crippen LogP contribution >= 0.6 is 0 Å². The minimum atomic E-state index is -6.41. The lowest BCUT2D eigenvalue weighted by atomic mass is 9.84. The summed E-state index contributed by atoms with van der Waals surface area (Å²) < 4.78 is 205. The van der Waals surface area contributed by atoms with Crippen molar-refractivity contribution in [3.05, 3.63) is 11.6 Å². The number of halogens is 15. The molecule has 0 aliphatic carbocycles. The summed E-state index contributed by atoms with van der Waals surface area (Å²) in [5.74, 6) is -30.2. The molecule has 0 bridgehead atoms. The first-order valence-electron chi connectivity index (χ1n) is 14.8. The number of alkyl halides is 15. The van der Waals surface area contributed by atoms with Crippen LogP contribution in [-0.2, 0) is 9.47 Å². The van der Waals surface area contributed by atoms with E-state index in [4.69, 9.17) is 0 Å². The lowest BCUT2D eigenvalue weighted by Crippen LogP contribution is -2.60. The summed E-state index contributed by atoms with van der Waals surface area (Å²) >= 11 is 0. The lowest BCUT2D eigenvalue weighted by molar-refractivity contribution is -0.346. The van der Waals surface area contributed by atoms with Gasteiger partial charge in [0.15, 0.2) is 0 Å². The third-order valence-electron chi connectivity index (χ3n) is 8.25. The van der Waals surface area contributed by atoms with E-state index in [1.165, 1.54) is 6.08 Å². The third kappa shape index (κ3) is 12.1. The molecule has 0 amide bonds. The Balaban J connectivity index is 4.66. The van der Waals surface area contributed by atoms with Crippen molar-refractivity contribution in [3.63, 3.8) is 0 Å². The van der Waals surface area contributed by atoms with Gasteiger partial charge in [0.25, 0.3) is 0 Å². The second kappa shape index (κ2) is 18.1. The fourth-order valence-electron chi connectivity index (χ4n) is 4.20. The molecule has 0 fully saturated rings. The zero-order valence-electron chi connectivity index (χ0n) is 26.9. The van der Waals surface area contributed by atoms with Crippen molar-refractivity contribution in [1.82, 2.24) is 0 Å². The van der Waals surface area contributed by atoms with Crippen molar-refractivity contribution in [2.24, 2.45) is 17.8 Å². The predicted molar refractivity (Wildman–Crippen MR) is 144 cm³/mol. The molecule has 48 heavy (non-hydrogen) atoms. The van der Waals surface area contributed by atoms with Gasteiger partial charge in [0.05, 0.1) is 32.0 Å². The van der Waals surface area contributed by atoms with Gasteiger partial charge in [-0.15, -0.1) is 0 Å². The monoisotopic (exact) mass is 740 g/mol. The minimum absolute atomic E-state index is 0.0119. The fraction of sp³-hybridized carbons (Fsp3) is 0.931. The van der Waals surface area contributed by atoms with Crippen molar-refractivity contribution in [3.8, 4) is 0 Å². The number of rotatable bonds is 24. The quantitative estimate of drug-likeness (QED) is 0.0767. The molecule has 6 unspecified atom stereocenters. The minimum Gasteiger partial charge on any atom is -0.391 e. The van der Waals surface area contributed by atoms with E-state index in [9.17, 15) is 76.1 Å². The van der Waals surface area contributed by atoms with Crippen LogP contribution in [0.2, 0.25) is 0 Å². The third-order valence-corrected chi connectivity index (χ3v) is 8.25. The van der Waals surface area contributed by atoms with Gasteiger partial charge in [0.2, 0.25) is 5.67 Å². The molecule has 0 radical (unpaired) electrons. The molecule has 0 aromatic heterocycles. The Kier molecular flexibility index (Phi) is 17.6. The second-order valence-corrected chi connectivity index (χ2v) is 12.4. The molecule has 0 heterocycles. The maximum atomic E-state index is 14.2. The summed E-state index contributed by atoms with van der Waals surface area (Å²) in [6, 6.07) is 0. The largest absolute Gasteiger partial charge is 0.391 e. The first kappa shape index (κ1) is 46.5. The highest BCUT2D eigenvalue weighted by Crippen LogP contribution is 2.49. The van der Waals surface area contributed by atoms with E-state index in [0.29, 0.717) is 19.3 Å². The second-order valence-electron chi connectivity index (χ2n) is 12.4. The highest BCUT2D eigenvalue weighted by atomic mass is 19.4. The van der Waals surface area contributed by atoms with E-state index in [0.717, 1.165) is 5.57 Å². The van der Waals surface area contributed by atoms with Gasteiger partial charge in [-0.3, -0.25) is 0 Å². The van der Waals surface area contributed by atoms with E-state index >= 15 is 0 Å². The molecule has 4 nitrogen and oxygen atoms in total. The Morgan fingerprint density at radius 3 is 1.52 bits per heavy atom. The van der Waals surface area contributed by atoms with E-state index in [2.05, 4.69) is 9.47 Å². The molecule has 6 atom stereocenters. The number of hydrogen-bond donors (Lipinski definition) is 2. The molecule has 0 aliphatic rings. The Bertz CT molecular complexity index is 976. The Hall–Kier alpha value is -1.47. The van der Waals surface area contributed by atoms with Crippen molar-refractivity contribution >= 4 is 0 Å². The molecule has 0 rings (SSSR count). The van der Waals surface area contributed by atoms with E-state index in [-0.39, 0.29) is 37.5 Å². The van der Waals surface area contributed by atoms with Crippen molar-refractivity contribution < 1.29 is 85.5 Å². The molecule has 288 valence electrons. The molecule has 0 saturated carbocycles. The lowest BCUT2D eigenvalue weighted by Gasteiger charge is -2.35. The average molecular weight is 741 g/mol. The van der Waals surface area contributed by atoms with Gasteiger partial charge < -0.3 is 19.7 Å². The summed E-state index contributed by atoms with van der Waals surface area (Å²) in [6.45, 7) is 1.47. The number of allylic oxidation sites excluding steroid dienone is 1. The van der Waals surface area contributed by atoms with Crippen LogP contribution < -0.4 is 0 Å². The molecular formula is C29H43F15O4. The standard InChI is InChI=1S/C29H43F15O4/c1-16(18(3)8-10-20(45)12-47-14-24(5,34)28(41,42)26(37,38)22(30)31)6-7-17(2)19(4)9-11-21(46)13-48-15-25(35,36)29(43,44)27(39,40)23(32)33/h9,16-18,20-23,45-46H,6-8,10-15H2,1-5H3. The summed E-state index contributed by atoms with van der Waals surface area (Å²) in [7, 11) is 0. The van der Waals surface area contributed by atoms with Crippen molar-refractivity contribution in [1.29, 1.82) is 0 Å². The smallest absolute Gasteiger partial charge is 0.380 e. The average Bonchev–Trinajstić information content (AvgIpc) is 2.96. The zero-order valence-corrected chi connectivity index (χ0v) is 26.9. The molecular weight excluding hydrogens is 697 g/mol. The Morgan fingerprint density at radius 1 is 0.625 bits per heavy atom. The van der Waals surface area contributed by atoms with E-state index in [1.807, 2.05) is 20.8 Å². The van der Waals surface area contributed by atoms with Gasteiger partial charge >= 0.3 is 42.5 Å². The summed E-state index contributed by atoms with van der Waals surface area (Å²) in [4.78, 5) is 0. The highest BCUT2D eigenvalue weighted by Gasteiger charge is 2.75. The van der Waals surface area contributed by atoms with Crippen molar-refractivity contribution in [2.45, 2.75) is 127 Å². The summed E-state index contributed by atoms with van der Waals surface area (Å²) in [5, 5.41) is 19.9. The van der Waals surface area contributed by atoms with Crippen LogP contribution in [0.5, 0.6) is 0 Å². The topological polar surface area (TPSA) is 58.9 Å². The van der Waals surface area contributed by atoms with E-state index < -0.39 is 86.8 Å². The van der Waals surface area contributed by atoms with Crippen LogP contribution in [0, 0.1) is 17.8 Å². The van der Waals surface area contributed by atoms with E-state index in [1.54, 1.807) is 6.92 Å². The molecule has 0 aliphatic heterocycles. The first-order chi connectivity index (χ1) is 21.5. The molecule has 0 saturated heterocycles. The van der Waals surface area contributed by atoms with Gasteiger partial charge in [-0.2, -0.15) is 43.9 Å². The van der Waals surface area contributed by atoms with Crippen LogP contribution in [0.25, 0.3) is 0 Å². The van der Waals surface area contributed by atoms with Crippen LogP contribution in [0.15, 0.2) is 11.6 Å². The Labute approximate surface area is 269 Å². The normalized spacial score (nSPS) is 19.0. The van der Waals surface area contributed by atoms with Crippen LogP contribution in [0.4, 0.5) is 65.9 Å². The fourth-order valence-corrected chi connectivity index (χ4v) is 4.20. The zero-order chi connectivity index (χ0) is 38.1. The molecule has 2 N–H and O–H groups in total. The maximum Gasteiger partial charge on any atom is 0.380 e. The number of aliphatic hydroxyl groups is 2. The summed E-state index contributed by atoms with van der Waals surface area (Å²) in [5.41, 5.74) is -3.43. The van der Waals surface area contributed by atoms with Gasteiger partial charge in [0, 0.05) is 0 Å². The number of hydrogen-bond acceptors (Lipinski definition) is 4. The first-order valence-corrected chi connectivity index (χ1v) is 14.8. The van der Waals surface area contributed by atoms with Gasteiger partial charge in [-0.05, 0) is 63.7 Å². The molecule has 0 spiro atoms. The van der Waals surface area contributed by atoms with Crippen LogP contribution in [-0.4, -0.2) is 97.0 Å². The Morgan fingerprint density at radius 2 is 1.04 bits per heavy atom. The highest BCUT2D eigenvalue weighted by molar-refractivity contribution is 5.03. The van der Waals surface area contributed by atoms with Gasteiger partial charge in [-0.1, -0.05) is 32.4 Å². The maximum absolute atomic E-state index is 14.2. The van der Waals surface area contributed by atoms with Gasteiger partial charge in [-0.25, -0.2) is 22.0 Å². The summed E-state index contributed by atoms with van der Waals surface area (Å²) in [6.07, 6.45) is -9.75. The molecule has 0 aromatic rings. The number of ether oxygens (including phenoxy) is 2. The predicted octanol–water partition coefficient (Wildman–Crippen LogP) is 8.98.